The highest BCUT2D eigenvalue weighted by Gasteiger charge is 2.36. The van der Waals surface area contributed by atoms with Gasteiger partial charge in [-0.15, -0.1) is 0 Å². The second kappa shape index (κ2) is 4.79. The molecule has 0 radical (unpaired) electrons. The largest absolute Gasteiger partial charge is 0.474 e. The number of rotatable bonds is 2. The number of nitrogens with zero attached hydrogens (tertiary/aromatic N) is 3. The smallest absolute Gasteiger partial charge is 0.269 e. The average molecular weight is 304 g/mol. The van der Waals surface area contributed by atoms with Crippen LogP contribution in [0.1, 0.15) is 13.8 Å². The molecule has 0 bridgehead atoms. The van der Waals surface area contributed by atoms with Crippen LogP contribution >= 0.6 is 0 Å². The fourth-order valence-corrected chi connectivity index (χ4v) is 1.86. The molecule has 0 aliphatic carbocycles. The van der Waals surface area contributed by atoms with Crippen LogP contribution in [-0.4, -0.2) is 26.5 Å². The standard InChI is InChI=1S/C13H13FN6O2/c1-13(2)11(21)19-10-7(22-13)3-4-8(18-10)17-9-6(14)5-16-12(15)20-9/h3-5H,1-2H3,(H4,15,16,17,18,19,20,21). The Morgan fingerprint density at radius 1 is 1.36 bits per heavy atom. The van der Waals surface area contributed by atoms with Gasteiger partial charge in [0.05, 0.1) is 6.20 Å². The van der Waals surface area contributed by atoms with E-state index in [-0.39, 0.29) is 29.3 Å². The zero-order chi connectivity index (χ0) is 15.9. The van der Waals surface area contributed by atoms with Gasteiger partial charge in [-0.3, -0.25) is 4.79 Å². The van der Waals surface area contributed by atoms with Crippen molar-refractivity contribution in [3.05, 3.63) is 24.1 Å². The second-order valence-electron chi connectivity index (χ2n) is 5.16. The number of aromatic nitrogens is 3. The molecule has 2 aromatic rings. The van der Waals surface area contributed by atoms with E-state index in [1.165, 1.54) is 0 Å². The third-order valence-electron chi connectivity index (χ3n) is 3.01. The van der Waals surface area contributed by atoms with Crippen LogP contribution in [0.2, 0.25) is 0 Å². The maximum absolute atomic E-state index is 13.6. The number of ether oxygens (including phenoxy) is 1. The van der Waals surface area contributed by atoms with Gasteiger partial charge >= 0.3 is 0 Å². The summed E-state index contributed by atoms with van der Waals surface area (Å²) in [5.74, 6) is -0.213. The van der Waals surface area contributed by atoms with Crippen LogP contribution in [0, 0.1) is 5.82 Å². The molecule has 114 valence electrons. The molecular formula is C13H13FN6O2. The lowest BCUT2D eigenvalue weighted by atomic mass is 10.1. The van der Waals surface area contributed by atoms with Crippen LogP contribution in [0.5, 0.6) is 5.75 Å². The zero-order valence-corrected chi connectivity index (χ0v) is 11.8. The van der Waals surface area contributed by atoms with E-state index in [0.29, 0.717) is 5.75 Å². The maximum atomic E-state index is 13.6. The van der Waals surface area contributed by atoms with Crippen molar-refractivity contribution in [1.29, 1.82) is 0 Å². The summed E-state index contributed by atoms with van der Waals surface area (Å²) < 4.78 is 19.2. The number of hydrogen-bond acceptors (Lipinski definition) is 7. The minimum atomic E-state index is -0.975. The van der Waals surface area contributed by atoms with Crippen molar-refractivity contribution in [2.45, 2.75) is 19.4 Å². The Balaban J connectivity index is 1.90. The number of nitrogens with two attached hydrogens (primary N) is 1. The fourth-order valence-electron chi connectivity index (χ4n) is 1.86. The first-order valence-electron chi connectivity index (χ1n) is 6.42. The topological polar surface area (TPSA) is 115 Å². The second-order valence-corrected chi connectivity index (χ2v) is 5.16. The van der Waals surface area contributed by atoms with E-state index in [2.05, 4.69) is 25.6 Å². The minimum absolute atomic E-state index is 0.0692. The number of carbonyl (C=O) groups is 1. The number of carbonyl (C=O) groups excluding carboxylic acids is 1. The molecule has 1 aliphatic rings. The molecule has 3 rings (SSSR count). The van der Waals surface area contributed by atoms with Crippen molar-refractivity contribution < 1.29 is 13.9 Å². The number of anilines is 4. The summed E-state index contributed by atoms with van der Waals surface area (Å²) in [6.07, 6.45) is 0.955. The number of pyridine rings is 1. The Kier molecular flexibility index (Phi) is 3.05. The van der Waals surface area contributed by atoms with E-state index in [1.54, 1.807) is 26.0 Å². The van der Waals surface area contributed by atoms with Crippen molar-refractivity contribution >= 4 is 29.3 Å². The van der Waals surface area contributed by atoms with E-state index in [1.807, 2.05) is 0 Å². The molecule has 0 saturated carbocycles. The van der Waals surface area contributed by atoms with Crippen LogP contribution in [-0.2, 0) is 4.79 Å². The molecule has 0 saturated heterocycles. The normalized spacial score (nSPS) is 15.5. The van der Waals surface area contributed by atoms with Gasteiger partial charge in [-0.2, -0.15) is 4.98 Å². The van der Waals surface area contributed by atoms with Gasteiger partial charge in [0, 0.05) is 0 Å². The van der Waals surface area contributed by atoms with Crippen LogP contribution in [0.4, 0.5) is 27.8 Å². The Morgan fingerprint density at radius 3 is 2.91 bits per heavy atom. The van der Waals surface area contributed by atoms with Crippen molar-refractivity contribution in [3.8, 4) is 5.75 Å². The number of halogens is 1. The summed E-state index contributed by atoms with van der Waals surface area (Å²) >= 11 is 0. The molecule has 2 aromatic heterocycles. The lowest BCUT2D eigenvalue weighted by molar-refractivity contribution is -0.129. The van der Waals surface area contributed by atoms with E-state index in [4.69, 9.17) is 10.5 Å². The van der Waals surface area contributed by atoms with Crippen LogP contribution in [0.3, 0.4) is 0 Å². The highest BCUT2D eigenvalue weighted by atomic mass is 19.1. The lowest BCUT2D eigenvalue weighted by Crippen LogP contribution is -2.46. The SMILES string of the molecule is CC1(C)Oc2ccc(Nc3nc(N)ncc3F)nc2NC1=O. The summed E-state index contributed by atoms with van der Waals surface area (Å²) in [6, 6.07) is 3.19. The molecule has 1 amide bonds. The lowest BCUT2D eigenvalue weighted by Gasteiger charge is -2.30. The van der Waals surface area contributed by atoms with E-state index in [0.717, 1.165) is 6.20 Å². The summed E-state index contributed by atoms with van der Waals surface area (Å²) in [4.78, 5) is 23.3. The third-order valence-corrected chi connectivity index (χ3v) is 3.01. The Hall–Kier alpha value is -2.97. The average Bonchev–Trinajstić information content (AvgIpc) is 2.44. The quantitative estimate of drug-likeness (QED) is 0.769. The molecule has 0 atom stereocenters. The highest BCUT2D eigenvalue weighted by molar-refractivity contribution is 5.99. The van der Waals surface area contributed by atoms with Gasteiger partial charge in [-0.25, -0.2) is 14.4 Å². The molecule has 22 heavy (non-hydrogen) atoms. The van der Waals surface area contributed by atoms with Crippen molar-refractivity contribution in [3.63, 3.8) is 0 Å². The van der Waals surface area contributed by atoms with E-state index < -0.39 is 11.4 Å². The zero-order valence-electron chi connectivity index (χ0n) is 11.8. The first kappa shape index (κ1) is 14.0. The monoisotopic (exact) mass is 304 g/mol. The highest BCUT2D eigenvalue weighted by Crippen LogP contribution is 2.33. The van der Waals surface area contributed by atoms with Gasteiger partial charge in [-0.1, -0.05) is 0 Å². The number of fused-ring (bicyclic) bond motifs is 1. The maximum Gasteiger partial charge on any atom is 0.269 e. The third kappa shape index (κ3) is 2.48. The Bertz CT molecular complexity index is 764. The number of hydrogen-bond donors (Lipinski definition) is 3. The summed E-state index contributed by atoms with van der Waals surface area (Å²) in [5, 5.41) is 5.31. The molecule has 9 heteroatoms. The first-order valence-corrected chi connectivity index (χ1v) is 6.42. The molecular weight excluding hydrogens is 291 g/mol. The summed E-state index contributed by atoms with van der Waals surface area (Å²) in [7, 11) is 0. The molecule has 8 nitrogen and oxygen atoms in total. The molecule has 3 heterocycles. The van der Waals surface area contributed by atoms with Gasteiger partial charge in [0.2, 0.25) is 5.95 Å². The predicted molar refractivity (Wildman–Crippen MR) is 77.3 cm³/mol. The molecule has 0 aromatic carbocycles. The molecule has 4 N–H and O–H groups in total. The van der Waals surface area contributed by atoms with Crippen LogP contribution < -0.4 is 21.1 Å². The van der Waals surface area contributed by atoms with Crippen LogP contribution in [0.25, 0.3) is 0 Å². The van der Waals surface area contributed by atoms with Gasteiger partial charge in [0.1, 0.15) is 5.82 Å². The van der Waals surface area contributed by atoms with Gasteiger partial charge in [0.25, 0.3) is 5.91 Å². The van der Waals surface area contributed by atoms with Crippen LogP contribution in [0.15, 0.2) is 18.3 Å². The number of nitrogens with one attached hydrogen (secondary N) is 2. The minimum Gasteiger partial charge on any atom is -0.474 e. The van der Waals surface area contributed by atoms with E-state index >= 15 is 0 Å². The summed E-state index contributed by atoms with van der Waals surface area (Å²) in [5.41, 5.74) is 4.44. The summed E-state index contributed by atoms with van der Waals surface area (Å²) in [6.45, 7) is 3.30. The molecule has 1 aliphatic heterocycles. The van der Waals surface area contributed by atoms with Crippen molar-refractivity contribution in [1.82, 2.24) is 15.0 Å². The van der Waals surface area contributed by atoms with Crippen molar-refractivity contribution in [2.75, 3.05) is 16.4 Å². The predicted octanol–water partition coefficient (Wildman–Crippen LogP) is 1.45. The number of nitrogen functional groups attached to an aromatic ring is 1. The van der Waals surface area contributed by atoms with Gasteiger partial charge in [0.15, 0.2) is 28.8 Å². The Labute approximate surface area is 124 Å². The Morgan fingerprint density at radius 2 is 2.14 bits per heavy atom. The van der Waals surface area contributed by atoms with Gasteiger partial charge in [-0.05, 0) is 26.0 Å². The van der Waals surface area contributed by atoms with Gasteiger partial charge < -0.3 is 21.1 Å². The first-order chi connectivity index (χ1) is 10.3. The fraction of sp³-hybridized carbons (Fsp3) is 0.231. The number of amides is 1. The van der Waals surface area contributed by atoms with E-state index in [9.17, 15) is 9.18 Å². The molecule has 0 fully saturated rings. The molecule has 0 unspecified atom stereocenters. The van der Waals surface area contributed by atoms with Crippen molar-refractivity contribution in [2.24, 2.45) is 0 Å². The molecule has 0 spiro atoms.